The van der Waals surface area contributed by atoms with Gasteiger partial charge in [-0.05, 0) is 38.2 Å². The average molecular weight is 281 g/mol. The van der Waals surface area contributed by atoms with Crippen LogP contribution in [0.25, 0.3) is 0 Å². The lowest BCUT2D eigenvalue weighted by Crippen LogP contribution is -1.93. The molecule has 1 unspecified atom stereocenters. The van der Waals surface area contributed by atoms with Crippen LogP contribution in [0, 0.1) is 0 Å². The van der Waals surface area contributed by atoms with Crippen LogP contribution in [0.1, 0.15) is 39.5 Å². The Morgan fingerprint density at radius 3 is 3.06 bits per heavy atom. The quantitative estimate of drug-likeness (QED) is 0.482. The number of hydrogen-bond donors (Lipinski definition) is 0. The summed E-state index contributed by atoms with van der Waals surface area (Å²) >= 11 is 3.67. The van der Waals surface area contributed by atoms with E-state index >= 15 is 0 Å². The van der Waals surface area contributed by atoms with Crippen LogP contribution in [0.4, 0.5) is 0 Å². The minimum atomic E-state index is 0.485. The molecule has 0 aromatic rings. The van der Waals surface area contributed by atoms with E-state index in [2.05, 4.69) is 60.7 Å². The minimum Gasteiger partial charge on any atom is -0.0996 e. The van der Waals surface area contributed by atoms with Gasteiger partial charge in [0.1, 0.15) is 0 Å². The smallest absolute Gasteiger partial charge is 0.0365 e. The maximum atomic E-state index is 4.02. The Morgan fingerprint density at radius 1 is 1.62 bits per heavy atom. The lowest BCUT2D eigenvalue weighted by atomic mass is 10.0. The highest BCUT2D eigenvalue weighted by Crippen LogP contribution is 2.24. The second-order valence-corrected chi connectivity index (χ2v) is 5.54. The summed E-state index contributed by atoms with van der Waals surface area (Å²) < 4.78 is 0. The maximum Gasteiger partial charge on any atom is 0.0365 e. The first-order chi connectivity index (χ1) is 7.63. The molecule has 0 spiro atoms. The predicted octanol–water partition coefficient (Wildman–Crippen LogP) is 5.33. The Balaban J connectivity index is 2.61. The fourth-order valence-corrected chi connectivity index (χ4v) is 2.26. The molecule has 1 heteroatoms. The van der Waals surface area contributed by atoms with Crippen LogP contribution in [0.2, 0.25) is 0 Å². The fourth-order valence-electron chi connectivity index (χ4n) is 1.70. The van der Waals surface area contributed by atoms with Gasteiger partial charge in [-0.1, -0.05) is 64.9 Å². The van der Waals surface area contributed by atoms with Crippen molar-refractivity contribution in [2.75, 3.05) is 0 Å². The largest absolute Gasteiger partial charge is 0.0996 e. The van der Waals surface area contributed by atoms with Crippen molar-refractivity contribution in [2.45, 2.75) is 44.4 Å². The minimum absolute atomic E-state index is 0.485. The Labute approximate surface area is 108 Å². The first-order valence-electron chi connectivity index (χ1n) is 5.96. The summed E-state index contributed by atoms with van der Waals surface area (Å²) in [6.07, 6.45) is 13.3. The molecule has 1 rings (SSSR count). The van der Waals surface area contributed by atoms with E-state index in [4.69, 9.17) is 0 Å². The van der Waals surface area contributed by atoms with Gasteiger partial charge in [-0.15, -0.1) is 0 Å². The van der Waals surface area contributed by atoms with E-state index in [1.54, 1.807) is 0 Å². The van der Waals surface area contributed by atoms with E-state index in [1.165, 1.54) is 16.7 Å². The van der Waals surface area contributed by atoms with Gasteiger partial charge in [0.25, 0.3) is 0 Å². The highest BCUT2D eigenvalue weighted by molar-refractivity contribution is 9.09. The number of halogens is 1. The molecular formula is C15H21Br. The van der Waals surface area contributed by atoms with E-state index in [-0.39, 0.29) is 0 Å². The summed E-state index contributed by atoms with van der Waals surface area (Å²) in [4.78, 5) is 0.485. The molecule has 0 amide bonds. The SMILES string of the molecule is C=C(CC)CC=CC1=C(C)CC=CC(Br)C1. The fraction of sp³-hybridized carbons (Fsp3) is 0.467. The third kappa shape index (κ3) is 4.52. The van der Waals surface area contributed by atoms with Crippen LogP contribution in [0.15, 0.2) is 47.6 Å². The van der Waals surface area contributed by atoms with Crippen LogP contribution in [0.5, 0.6) is 0 Å². The van der Waals surface area contributed by atoms with E-state index in [9.17, 15) is 0 Å². The van der Waals surface area contributed by atoms with E-state index in [0.29, 0.717) is 4.83 Å². The van der Waals surface area contributed by atoms with Crippen LogP contribution in [0.3, 0.4) is 0 Å². The summed E-state index contributed by atoms with van der Waals surface area (Å²) in [7, 11) is 0. The molecule has 0 radical (unpaired) electrons. The van der Waals surface area contributed by atoms with Crippen molar-refractivity contribution in [1.29, 1.82) is 0 Å². The van der Waals surface area contributed by atoms with E-state index < -0.39 is 0 Å². The molecule has 0 heterocycles. The molecule has 0 N–H and O–H groups in total. The molecule has 0 aromatic heterocycles. The van der Waals surface area contributed by atoms with Crippen molar-refractivity contribution in [3.63, 3.8) is 0 Å². The summed E-state index contributed by atoms with van der Waals surface area (Å²) in [5.41, 5.74) is 4.25. The lowest BCUT2D eigenvalue weighted by molar-refractivity contribution is 1.01. The molecule has 88 valence electrons. The van der Waals surface area contributed by atoms with Crippen molar-refractivity contribution in [2.24, 2.45) is 0 Å². The van der Waals surface area contributed by atoms with Crippen LogP contribution >= 0.6 is 15.9 Å². The van der Waals surface area contributed by atoms with Gasteiger partial charge in [0.05, 0.1) is 0 Å². The van der Waals surface area contributed by atoms with Gasteiger partial charge in [0.2, 0.25) is 0 Å². The Hall–Kier alpha value is -0.560. The zero-order chi connectivity index (χ0) is 12.0. The van der Waals surface area contributed by atoms with Crippen LogP contribution in [-0.2, 0) is 0 Å². The van der Waals surface area contributed by atoms with Crippen molar-refractivity contribution in [1.82, 2.24) is 0 Å². The third-order valence-electron chi connectivity index (χ3n) is 2.96. The highest BCUT2D eigenvalue weighted by Gasteiger charge is 2.08. The standard InChI is InChI=1S/C15H21Br/c1-4-12(2)7-5-9-14-11-15(16)10-6-8-13(14)3/h5-6,9-10,15H,2,4,7-8,11H2,1,3H3. The predicted molar refractivity (Wildman–Crippen MR) is 77.0 cm³/mol. The normalized spacial score (nSPS) is 21.6. The van der Waals surface area contributed by atoms with Gasteiger partial charge in [-0.3, -0.25) is 0 Å². The average Bonchev–Trinajstić information content (AvgIpc) is 2.41. The molecule has 0 aromatic carbocycles. The Kier molecular flexibility index (Phi) is 5.83. The summed E-state index contributed by atoms with van der Waals surface area (Å²) in [6, 6.07) is 0. The lowest BCUT2D eigenvalue weighted by Gasteiger charge is -2.06. The molecule has 1 atom stereocenters. The zero-order valence-electron chi connectivity index (χ0n) is 10.3. The number of allylic oxidation sites excluding steroid dienone is 7. The van der Waals surface area contributed by atoms with E-state index in [0.717, 1.165) is 25.7 Å². The molecule has 16 heavy (non-hydrogen) atoms. The van der Waals surface area contributed by atoms with Gasteiger partial charge >= 0.3 is 0 Å². The molecule has 0 nitrogen and oxygen atoms in total. The van der Waals surface area contributed by atoms with Gasteiger partial charge in [0.15, 0.2) is 0 Å². The molecule has 1 aliphatic rings. The third-order valence-corrected chi connectivity index (χ3v) is 3.59. The maximum absolute atomic E-state index is 4.02. The monoisotopic (exact) mass is 280 g/mol. The zero-order valence-corrected chi connectivity index (χ0v) is 11.9. The van der Waals surface area contributed by atoms with Crippen LogP contribution in [-0.4, -0.2) is 4.83 Å². The van der Waals surface area contributed by atoms with Crippen molar-refractivity contribution in [3.8, 4) is 0 Å². The summed E-state index contributed by atoms with van der Waals surface area (Å²) in [5, 5.41) is 0. The number of alkyl halides is 1. The Bertz CT molecular complexity index is 331. The van der Waals surface area contributed by atoms with Crippen molar-refractivity contribution in [3.05, 3.63) is 47.6 Å². The number of hydrogen-bond acceptors (Lipinski definition) is 0. The first kappa shape index (κ1) is 13.5. The molecule has 0 bridgehead atoms. The second kappa shape index (κ2) is 6.90. The molecule has 1 aliphatic carbocycles. The summed E-state index contributed by atoms with van der Waals surface area (Å²) in [5.74, 6) is 0. The molecular weight excluding hydrogens is 260 g/mol. The van der Waals surface area contributed by atoms with Gasteiger partial charge in [-0.2, -0.15) is 0 Å². The topological polar surface area (TPSA) is 0 Å². The van der Waals surface area contributed by atoms with Gasteiger partial charge < -0.3 is 0 Å². The first-order valence-corrected chi connectivity index (χ1v) is 6.87. The molecule has 0 saturated heterocycles. The van der Waals surface area contributed by atoms with E-state index in [1.807, 2.05) is 0 Å². The Morgan fingerprint density at radius 2 is 2.38 bits per heavy atom. The molecule has 0 aliphatic heterocycles. The van der Waals surface area contributed by atoms with Gasteiger partial charge in [-0.25, -0.2) is 0 Å². The molecule has 0 saturated carbocycles. The second-order valence-electron chi connectivity index (χ2n) is 4.37. The van der Waals surface area contributed by atoms with Crippen molar-refractivity contribution < 1.29 is 0 Å². The summed E-state index contributed by atoms with van der Waals surface area (Å²) in [6.45, 7) is 8.40. The number of rotatable bonds is 4. The highest BCUT2D eigenvalue weighted by atomic mass is 79.9. The van der Waals surface area contributed by atoms with Gasteiger partial charge in [0, 0.05) is 4.83 Å². The van der Waals surface area contributed by atoms with Crippen LogP contribution < -0.4 is 0 Å². The van der Waals surface area contributed by atoms with Crippen molar-refractivity contribution >= 4 is 15.9 Å². The molecule has 0 fully saturated rings.